The predicted molar refractivity (Wildman–Crippen MR) is 78.4 cm³/mol. The first-order valence-electron chi connectivity index (χ1n) is 6.96. The van der Waals surface area contributed by atoms with Crippen molar-refractivity contribution in [2.24, 2.45) is 0 Å². The van der Waals surface area contributed by atoms with Crippen LogP contribution in [0.1, 0.15) is 49.8 Å². The van der Waals surface area contributed by atoms with E-state index in [1.165, 1.54) is 11.8 Å². The Morgan fingerprint density at radius 3 is 2.16 bits per heavy atom. The Balaban J connectivity index is 2.31. The molecule has 0 bridgehead atoms. The van der Waals surface area contributed by atoms with E-state index in [0.29, 0.717) is 11.8 Å². The molecule has 0 saturated carbocycles. The summed E-state index contributed by atoms with van der Waals surface area (Å²) in [5, 5.41) is 9.36. The number of rotatable bonds is 5. The van der Waals surface area contributed by atoms with Crippen molar-refractivity contribution < 1.29 is 5.11 Å². The number of aromatic hydroxyl groups is 1. The lowest BCUT2D eigenvalue weighted by Gasteiger charge is -2.25. The van der Waals surface area contributed by atoms with Gasteiger partial charge in [-0.3, -0.25) is 4.98 Å². The highest BCUT2D eigenvalue weighted by Gasteiger charge is 2.22. The van der Waals surface area contributed by atoms with E-state index in [2.05, 4.69) is 49.2 Å². The van der Waals surface area contributed by atoms with Gasteiger partial charge in [0.25, 0.3) is 0 Å². The molecule has 0 amide bonds. The van der Waals surface area contributed by atoms with Gasteiger partial charge < -0.3 is 5.11 Å². The van der Waals surface area contributed by atoms with Crippen LogP contribution in [0.15, 0.2) is 48.7 Å². The fourth-order valence-corrected chi connectivity index (χ4v) is 2.77. The quantitative estimate of drug-likeness (QED) is 0.854. The Morgan fingerprint density at radius 2 is 1.63 bits per heavy atom. The monoisotopic (exact) mass is 255 g/mol. The molecule has 0 aliphatic carbocycles. The molecule has 1 heterocycles. The lowest BCUT2D eigenvalue weighted by Crippen LogP contribution is -2.11. The molecule has 19 heavy (non-hydrogen) atoms. The van der Waals surface area contributed by atoms with Gasteiger partial charge in [-0.15, -0.1) is 0 Å². The van der Waals surface area contributed by atoms with Gasteiger partial charge >= 0.3 is 0 Å². The summed E-state index contributed by atoms with van der Waals surface area (Å²) in [5.41, 5.74) is 2.43. The first-order valence-corrected chi connectivity index (χ1v) is 6.96. The lowest BCUT2D eigenvalue weighted by atomic mass is 9.80. The molecule has 1 N–H and O–H groups in total. The first kappa shape index (κ1) is 13.6. The molecule has 1 aromatic heterocycles. The average molecular weight is 255 g/mol. The van der Waals surface area contributed by atoms with Crippen molar-refractivity contribution in [3.63, 3.8) is 0 Å². The van der Waals surface area contributed by atoms with Crippen LogP contribution in [0.5, 0.6) is 5.75 Å². The summed E-state index contributed by atoms with van der Waals surface area (Å²) in [6, 6.07) is 14.3. The highest BCUT2D eigenvalue weighted by Crippen LogP contribution is 2.37. The van der Waals surface area contributed by atoms with Crippen LogP contribution in [-0.4, -0.2) is 10.1 Å². The molecule has 100 valence electrons. The van der Waals surface area contributed by atoms with E-state index in [4.69, 9.17) is 0 Å². The van der Waals surface area contributed by atoms with Gasteiger partial charge in [0.1, 0.15) is 5.75 Å². The van der Waals surface area contributed by atoms with Crippen LogP contribution >= 0.6 is 0 Å². The van der Waals surface area contributed by atoms with Crippen LogP contribution in [0.2, 0.25) is 0 Å². The molecule has 0 unspecified atom stereocenters. The van der Waals surface area contributed by atoms with Crippen molar-refractivity contribution in [1.29, 1.82) is 0 Å². The van der Waals surface area contributed by atoms with E-state index >= 15 is 0 Å². The van der Waals surface area contributed by atoms with Gasteiger partial charge in [-0.1, -0.05) is 44.2 Å². The van der Waals surface area contributed by atoms with Crippen molar-refractivity contribution in [2.45, 2.75) is 38.5 Å². The van der Waals surface area contributed by atoms with Gasteiger partial charge in [0, 0.05) is 11.6 Å². The second-order valence-electron chi connectivity index (χ2n) is 4.88. The zero-order valence-electron chi connectivity index (χ0n) is 11.6. The topological polar surface area (TPSA) is 33.1 Å². The maximum Gasteiger partial charge on any atom is 0.133 e. The lowest BCUT2D eigenvalue weighted by molar-refractivity contribution is 0.466. The van der Waals surface area contributed by atoms with E-state index in [1.54, 1.807) is 6.07 Å². The van der Waals surface area contributed by atoms with Gasteiger partial charge in [-0.05, 0) is 36.5 Å². The highest BCUT2D eigenvalue weighted by molar-refractivity contribution is 5.27. The molecule has 2 rings (SSSR count). The summed E-state index contributed by atoms with van der Waals surface area (Å²) in [7, 11) is 0. The maximum absolute atomic E-state index is 9.36. The van der Waals surface area contributed by atoms with E-state index < -0.39 is 0 Å². The fraction of sp³-hybridized carbons (Fsp3) is 0.353. The predicted octanol–water partition coefficient (Wildman–Crippen LogP) is 4.47. The highest BCUT2D eigenvalue weighted by atomic mass is 16.3. The molecule has 0 aliphatic heterocycles. The minimum atomic E-state index is 0.228. The van der Waals surface area contributed by atoms with E-state index in [9.17, 15) is 5.11 Å². The summed E-state index contributed by atoms with van der Waals surface area (Å²) < 4.78 is 0. The third kappa shape index (κ3) is 3.14. The number of nitrogens with zero attached hydrogens (tertiary/aromatic N) is 1. The van der Waals surface area contributed by atoms with Gasteiger partial charge in [0.2, 0.25) is 0 Å². The largest absolute Gasteiger partial charge is 0.506 e. The van der Waals surface area contributed by atoms with Gasteiger partial charge in [0.05, 0.1) is 6.20 Å². The number of benzene rings is 1. The first-order chi connectivity index (χ1) is 9.26. The molecule has 0 saturated heterocycles. The smallest absolute Gasteiger partial charge is 0.133 e. The number of hydrogen-bond donors (Lipinski definition) is 1. The number of aromatic nitrogens is 1. The zero-order valence-corrected chi connectivity index (χ0v) is 11.6. The average Bonchev–Trinajstić information content (AvgIpc) is 2.47. The van der Waals surface area contributed by atoms with Crippen LogP contribution in [0.4, 0.5) is 0 Å². The second kappa shape index (κ2) is 6.37. The Morgan fingerprint density at radius 1 is 0.947 bits per heavy atom. The van der Waals surface area contributed by atoms with Crippen LogP contribution in [0, 0.1) is 0 Å². The molecule has 0 fully saturated rings. The molecule has 2 nitrogen and oxygen atoms in total. The molecule has 1 aromatic carbocycles. The third-order valence-electron chi connectivity index (χ3n) is 3.74. The summed E-state index contributed by atoms with van der Waals surface area (Å²) in [4.78, 5) is 4.39. The normalized spacial score (nSPS) is 14.0. The van der Waals surface area contributed by atoms with E-state index in [-0.39, 0.29) is 5.75 Å². The number of pyridine rings is 1. The second-order valence-corrected chi connectivity index (χ2v) is 4.88. The Hall–Kier alpha value is -1.83. The molecular formula is C17H21NO. The Labute approximate surface area is 115 Å². The summed E-state index contributed by atoms with van der Waals surface area (Å²) in [5.74, 6) is 1.10. The van der Waals surface area contributed by atoms with E-state index in [1.807, 2.05) is 6.07 Å². The van der Waals surface area contributed by atoms with Gasteiger partial charge in [-0.25, -0.2) is 0 Å². The summed E-state index contributed by atoms with van der Waals surface area (Å²) in [6.07, 6.45) is 3.67. The Kier molecular flexibility index (Phi) is 4.56. The molecule has 0 aliphatic rings. The Bertz CT molecular complexity index is 492. The molecule has 2 aromatic rings. The van der Waals surface area contributed by atoms with Crippen molar-refractivity contribution in [2.75, 3.05) is 0 Å². The molecule has 0 spiro atoms. The van der Waals surface area contributed by atoms with Crippen LogP contribution < -0.4 is 0 Å². The van der Waals surface area contributed by atoms with Crippen molar-refractivity contribution in [3.05, 3.63) is 59.9 Å². The third-order valence-corrected chi connectivity index (χ3v) is 3.74. The molecule has 2 heteroatoms. The standard InChI is InChI=1S/C17H21NO/c1-3-15(13-8-6-5-7-9-13)16(4-2)17-11-10-14(19)12-18-17/h5-12,15-16,19H,3-4H2,1-2H3/t15-,16+/m1/s1. The summed E-state index contributed by atoms with van der Waals surface area (Å²) >= 11 is 0. The van der Waals surface area contributed by atoms with Crippen LogP contribution in [-0.2, 0) is 0 Å². The van der Waals surface area contributed by atoms with Crippen LogP contribution in [0.3, 0.4) is 0 Å². The van der Waals surface area contributed by atoms with Crippen molar-refractivity contribution in [3.8, 4) is 5.75 Å². The molecule has 0 radical (unpaired) electrons. The summed E-state index contributed by atoms with van der Waals surface area (Å²) in [6.45, 7) is 4.42. The van der Waals surface area contributed by atoms with Gasteiger partial charge in [-0.2, -0.15) is 0 Å². The molecule has 2 atom stereocenters. The minimum absolute atomic E-state index is 0.228. The van der Waals surface area contributed by atoms with Gasteiger partial charge in [0.15, 0.2) is 0 Å². The molecular weight excluding hydrogens is 234 g/mol. The van der Waals surface area contributed by atoms with Crippen molar-refractivity contribution >= 4 is 0 Å². The zero-order chi connectivity index (χ0) is 13.7. The van der Waals surface area contributed by atoms with Crippen LogP contribution in [0.25, 0.3) is 0 Å². The minimum Gasteiger partial charge on any atom is -0.506 e. The van der Waals surface area contributed by atoms with E-state index in [0.717, 1.165) is 18.5 Å². The SMILES string of the molecule is CC[C@H](c1ccccc1)[C@H](CC)c1ccc(O)cn1. The van der Waals surface area contributed by atoms with Crippen molar-refractivity contribution in [1.82, 2.24) is 4.98 Å². The fourth-order valence-electron chi connectivity index (χ4n) is 2.77. The number of hydrogen-bond acceptors (Lipinski definition) is 2. The maximum atomic E-state index is 9.36.